The number of likely N-dealkylation sites (N-methyl/N-ethyl adjacent to an activating group) is 1. The Labute approximate surface area is 69.2 Å². The number of fused-ring (bicyclic) bond motifs is 1. The molecule has 2 saturated heterocycles. The zero-order valence-electron chi connectivity index (χ0n) is 7.64. The standard InChI is InChI=1S/C9H18N2/c1-9-4-3-5-11(9)7-6-10(2)8-9/h3-8H2,1-2H3/t9-/m0/s1. The van der Waals surface area contributed by atoms with E-state index in [4.69, 9.17) is 0 Å². The monoisotopic (exact) mass is 154 g/mol. The molecule has 2 nitrogen and oxygen atoms in total. The van der Waals surface area contributed by atoms with Crippen LogP contribution in [0.4, 0.5) is 0 Å². The Morgan fingerprint density at radius 2 is 2.00 bits per heavy atom. The highest BCUT2D eigenvalue weighted by molar-refractivity contribution is 4.97. The zero-order chi connectivity index (χ0) is 7.90. The van der Waals surface area contributed by atoms with Crippen LogP contribution in [-0.4, -0.2) is 48.6 Å². The molecule has 64 valence electrons. The summed E-state index contributed by atoms with van der Waals surface area (Å²) in [5.74, 6) is 0. The van der Waals surface area contributed by atoms with E-state index in [-0.39, 0.29) is 0 Å². The smallest absolute Gasteiger partial charge is 0.0309 e. The molecule has 0 aliphatic carbocycles. The number of nitrogens with zero attached hydrogens (tertiary/aromatic N) is 2. The van der Waals surface area contributed by atoms with Crippen LogP contribution in [0, 0.1) is 0 Å². The normalized spacial score (nSPS) is 40.9. The van der Waals surface area contributed by atoms with Crippen LogP contribution in [0.25, 0.3) is 0 Å². The van der Waals surface area contributed by atoms with E-state index in [0.717, 1.165) is 0 Å². The number of hydrogen-bond acceptors (Lipinski definition) is 2. The van der Waals surface area contributed by atoms with Gasteiger partial charge in [-0.1, -0.05) is 0 Å². The first-order valence-corrected chi connectivity index (χ1v) is 4.64. The van der Waals surface area contributed by atoms with Crippen LogP contribution in [0.1, 0.15) is 19.8 Å². The molecule has 2 heteroatoms. The molecule has 0 amide bonds. The first-order chi connectivity index (χ1) is 5.21. The summed E-state index contributed by atoms with van der Waals surface area (Å²) >= 11 is 0. The molecule has 0 bridgehead atoms. The van der Waals surface area contributed by atoms with Gasteiger partial charge in [-0.05, 0) is 33.4 Å². The molecule has 2 aliphatic rings. The minimum atomic E-state index is 0.521. The van der Waals surface area contributed by atoms with Crippen molar-refractivity contribution in [2.75, 3.05) is 33.2 Å². The van der Waals surface area contributed by atoms with E-state index in [0.29, 0.717) is 5.54 Å². The maximum absolute atomic E-state index is 2.66. The van der Waals surface area contributed by atoms with Crippen molar-refractivity contribution in [1.82, 2.24) is 9.80 Å². The largest absolute Gasteiger partial charge is 0.303 e. The van der Waals surface area contributed by atoms with E-state index in [9.17, 15) is 0 Å². The van der Waals surface area contributed by atoms with Gasteiger partial charge in [0.25, 0.3) is 0 Å². The number of hydrogen-bond donors (Lipinski definition) is 0. The third-order valence-electron chi connectivity index (χ3n) is 3.27. The predicted octanol–water partition coefficient (Wildman–Crippen LogP) is 0.786. The Kier molecular flexibility index (Phi) is 1.69. The molecule has 1 atom stereocenters. The van der Waals surface area contributed by atoms with Gasteiger partial charge in [-0.3, -0.25) is 4.90 Å². The van der Waals surface area contributed by atoms with Crippen LogP contribution in [0.3, 0.4) is 0 Å². The maximum Gasteiger partial charge on any atom is 0.0309 e. The van der Waals surface area contributed by atoms with Crippen molar-refractivity contribution in [3.05, 3.63) is 0 Å². The van der Waals surface area contributed by atoms with Gasteiger partial charge in [-0.15, -0.1) is 0 Å². The fourth-order valence-corrected chi connectivity index (χ4v) is 2.59. The van der Waals surface area contributed by atoms with Gasteiger partial charge >= 0.3 is 0 Å². The van der Waals surface area contributed by atoms with Crippen LogP contribution >= 0.6 is 0 Å². The lowest BCUT2D eigenvalue weighted by Crippen LogP contribution is -2.56. The van der Waals surface area contributed by atoms with Crippen molar-refractivity contribution in [1.29, 1.82) is 0 Å². The molecule has 0 spiro atoms. The van der Waals surface area contributed by atoms with E-state index >= 15 is 0 Å². The summed E-state index contributed by atoms with van der Waals surface area (Å²) in [6.07, 6.45) is 2.81. The molecule has 0 aromatic carbocycles. The molecule has 0 aromatic heterocycles. The molecule has 2 rings (SSSR count). The van der Waals surface area contributed by atoms with Crippen LogP contribution < -0.4 is 0 Å². The summed E-state index contributed by atoms with van der Waals surface area (Å²) in [7, 11) is 2.24. The molecular formula is C9H18N2. The molecule has 2 aliphatic heterocycles. The molecule has 2 fully saturated rings. The number of piperazine rings is 1. The molecule has 0 N–H and O–H groups in total. The first-order valence-electron chi connectivity index (χ1n) is 4.64. The third kappa shape index (κ3) is 1.18. The summed E-state index contributed by atoms with van der Waals surface area (Å²) in [6, 6.07) is 0. The maximum atomic E-state index is 2.66. The van der Waals surface area contributed by atoms with Crippen LogP contribution in [0.2, 0.25) is 0 Å². The molecule has 0 unspecified atom stereocenters. The van der Waals surface area contributed by atoms with Gasteiger partial charge in [0.05, 0.1) is 0 Å². The number of rotatable bonds is 0. The second-order valence-electron chi connectivity index (χ2n) is 4.33. The van der Waals surface area contributed by atoms with Crippen molar-refractivity contribution in [2.45, 2.75) is 25.3 Å². The summed E-state index contributed by atoms with van der Waals surface area (Å²) in [6.45, 7) is 7.57. The van der Waals surface area contributed by atoms with Crippen molar-refractivity contribution in [2.24, 2.45) is 0 Å². The van der Waals surface area contributed by atoms with Gasteiger partial charge in [-0.25, -0.2) is 0 Å². The minimum Gasteiger partial charge on any atom is -0.303 e. The Morgan fingerprint density at radius 3 is 2.82 bits per heavy atom. The van der Waals surface area contributed by atoms with Gasteiger partial charge in [-0.2, -0.15) is 0 Å². The highest BCUT2D eigenvalue weighted by Gasteiger charge is 2.39. The fraction of sp³-hybridized carbons (Fsp3) is 1.00. The van der Waals surface area contributed by atoms with Gasteiger partial charge in [0.15, 0.2) is 0 Å². The molecule has 0 aromatic rings. The lowest BCUT2D eigenvalue weighted by Gasteiger charge is -2.43. The second-order valence-corrected chi connectivity index (χ2v) is 4.33. The Bertz CT molecular complexity index is 158. The molecular weight excluding hydrogens is 136 g/mol. The van der Waals surface area contributed by atoms with Crippen molar-refractivity contribution in [3.8, 4) is 0 Å². The van der Waals surface area contributed by atoms with Crippen molar-refractivity contribution in [3.63, 3.8) is 0 Å². The van der Waals surface area contributed by atoms with Crippen LogP contribution in [0.15, 0.2) is 0 Å². The van der Waals surface area contributed by atoms with E-state index in [2.05, 4.69) is 23.8 Å². The van der Waals surface area contributed by atoms with Crippen LogP contribution in [0.5, 0.6) is 0 Å². The van der Waals surface area contributed by atoms with Crippen molar-refractivity contribution < 1.29 is 0 Å². The SMILES string of the molecule is CN1CCN2CCC[C@@]2(C)C1. The average Bonchev–Trinajstić information content (AvgIpc) is 2.28. The fourth-order valence-electron chi connectivity index (χ4n) is 2.59. The van der Waals surface area contributed by atoms with Crippen LogP contribution in [-0.2, 0) is 0 Å². The van der Waals surface area contributed by atoms with Gasteiger partial charge in [0, 0.05) is 25.2 Å². The van der Waals surface area contributed by atoms with E-state index in [1.807, 2.05) is 0 Å². The van der Waals surface area contributed by atoms with E-state index < -0.39 is 0 Å². The summed E-state index contributed by atoms with van der Waals surface area (Å²) < 4.78 is 0. The predicted molar refractivity (Wildman–Crippen MR) is 46.7 cm³/mol. The molecule has 11 heavy (non-hydrogen) atoms. The second kappa shape index (κ2) is 2.46. The van der Waals surface area contributed by atoms with Gasteiger partial charge < -0.3 is 4.90 Å². The van der Waals surface area contributed by atoms with E-state index in [1.165, 1.54) is 39.0 Å². The summed E-state index contributed by atoms with van der Waals surface area (Å²) in [4.78, 5) is 5.12. The summed E-state index contributed by atoms with van der Waals surface area (Å²) in [5.41, 5.74) is 0.521. The Hall–Kier alpha value is -0.0800. The highest BCUT2D eigenvalue weighted by atomic mass is 15.3. The minimum absolute atomic E-state index is 0.521. The van der Waals surface area contributed by atoms with Crippen molar-refractivity contribution >= 4 is 0 Å². The van der Waals surface area contributed by atoms with Gasteiger partial charge in [0.1, 0.15) is 0 Å². The molecule has 0 radical (unpaired) electrons. The third-order valence-corrected chi connectivity index (χ3v) is 3.27. The highest BCUT2D eigenvalue weighted by Crippen LogP contribution is 2.31. The quantitative estimate of drug-likeness (QED) is 0.509. The average molecular weight is 154 g/mol. The van der Waals surface area contributed by atoms with Gasteiger partial charge in [0.2, 0.25) is 0 Å². The topological polar surface area (TPSA) is 6.48 Å². The first kappa shape index (κ1) is 7.56. The zero-order valence-corrected chi connectivity index (χ0v) is 7.64. The molecule has 2 heterocycles. The Balaban J connectivity index is 2.10. The molecule has 0 saturated carbocycles. The lowest BCUT2D eigenvalue weighted by molar-refractivity contribution is 0.0541. The summed E-state index contributed by atoms with van der Waals surface area (Å²) in [5, 5.41) is 0. The lowest BCUT2D eigenvalue weighted by atomic mass is 9.96. The Morgan fingerprint density at radius 1 is 1.18 bits per heavy atom. The van der Waals surface area contributed by atoms with E-state index in [1.54, 1.807) is 0 Å².